The third kappa shape index (κ3) is 2.56. The van der Waals surface area contributed by atoms with Crippen molar-refractivity contribution in [3.63, 3.8) is 0 Å². The second-order valence-corrected chi connectivity index (χ2v) is 4.52. The highest BCUT2D eigenvalue weighted by Crippen LogP contribution is 2.22. The summed E-state index contributed by atoms with van der Waals surface area (Å²) in [5, 5.41) is 9.66. The van der Waals surface area contributed by atoms with E-state index in [0.29, 0.717) is 21.3 Å². The minimum Gasteiger partial charge on any atom is -0.332 e. The Morgan fingerprint density at radius 2 is 2.11 bits per heavy atom. The summed E-state index contributed by atoms with van der Waals surface area (Å²) in [6.07, 6.45) is 1.68. The number of carbonyl (C=O) groups excluding carboxylic acids is 1. The molecule has 0 aliphatic heterocycles. The average Bonchev–Trinajstić information content (AvgIpc) is 2.76. The van der Waals surface area contributed by atoms with Gasteiger partial charge < -0.3 is 4.57 Å². The van der Waals surface area contributed by atoms with Crippen molar-refractivity contribution in [1.29, 1.82) is 5.26 Å². The molecule has 0 saturated carbocycles. The van der Waals surface area contributed by atoms with Crippen LogP contribution in [0.5, 0.6) is 0 Å². The first-order valence-corrected chi connectivity index (χ1v) is 5.91. The molecular formula is C13H8Cl2N2O. The summed E-state index contributed by atoms with van der Waals surface area (Å²) in [6.45, 7) is 0.0806. The van der Waals surface area contributed by atoms with Gasteiger partial charge in [0.1, 0.15) is 11.8 Å². The van der Waals surface area contributed by atoms with Gasteiger partial charge in [-0.25, -0.2) is 0 Å². The molecule has 1 aromatic carbocycles. The standard InChI is InChI=1S/C13H8Cl2N2O/c14-9-3-4-11(12(15)6-9)13(18)8-17-5-1-2-10(17)7-16/h1-6H,8H2. The molecule has 0 spiro atoms. The van der Waals surface area contributed by atoms with E-state index in [2.05, 4.69) is 0 Å². The summed E-state index contributed by atoms with van der Waals surface area (Å²) in [5.74, 6) is -0.163. The first-order chi connectivity index (χ1) is 8.61. The van der Waals surface area contributed by atoms with Gasteiger partial charge in [-0.3, -0.25) is 4.79 Å². The van der Waals surface area contributed by atoms with Crippen molar-refractivity contribution < 1.29 is 4.79 Å². The van der Waals surface area contributed by atoms with Gasteiger partial charge in [-0.05, 0) is 30.3 Å². The van der Waals surface area contributed by atoms with Crippen molar-refractivity contribution in [2.45, 2.75) is 6.54 Å². The maximum absolute atomic E-state index is 12.1. The van der Waals surface area contributed by atoms with Gasteiger partial charge in [0, 0.05) is 16.8 Å². The first-order valence-electron chi connectivity index (χ1n) is 5.15. The Bertz CT molecular complexity index is 641. The summed E-state index contributed by atoms with van der Waals surface area (Å²) in [7, 11) is 0. The van der Waals surface area contributed by atoms with Gasteiger partial charge in [0.15, 0.2) is 5.78 Å². The fourth-order valence-corrected chi connectivity index (χ4v) is 2.12. The molecule has 0 N–H and O–H groups in total. The highest BCUT2D eigenvalue weighted by atomic mass is 35.5. The van der Waals surface area contributed by atoms with Crippen molar-refractivity contribution in [2.24, 2.45) is 0 Å². The smallest absolute Gasteiger partial charge is 0.184 e. The lowest BCUT2D eigenvalue weighted by molar-refractivity contribution is 0.0972. The van der Waals surface area contributed by atoms with Crippen molar-refractivity contribution in [3.8, 4) is 6.07 Å². The number of nitriles is 1. The van der Waals surface area contributed by atoms with Crippen LogP contribution in [0, 0.1) is 11.3 Å². The first kappa shape index (κ1) is 12.7. The number of aromatic nitrogens is 1. The maximum Gasteiger partial charge on any atom is 0.184 e. The topological polar surface area (TPSA) is 45.8 Å². The van der Waals surface area contributed by atoms with E-state index in [4.69, 9.17) is 28.5 Å². The second-order valence-electron chi connectivity index (χ2n) is 3.68. The Kier molecular flexibility index (Phi) is 3.71. The average molecular weight is 279 g/mol. The van der Waals surface area contributed by atoms with Crippen molar-refractivity contribution in [3.05, 3.63) is 57.8 Å². The van der Waals surface area contributed by atoms with E-state index in [1.807, 2.05) is 6.07 Å². The second kappa shape index (κ2) is 5.26. The highest BCUT2D eigenvalue weighted by Gasteiger charge is 2.12. The molecular weight excluding hydrogens is 271 g/mol. The van der Waals surface area contributed by atoms with E-state index >= 15 is 0 Å². The lowest BCUT2D eigenvalue weighted by atomic mass is 10.1. The Morgan fingerprint density at radius 3 is 2.78 bits per heavy atom. The summed E-state index contributed by atoms with van der Waals surface area (Å²) in [5.41, 5.74) is 0.840. The van der Waals surface area contributed by atoms with E-state index < -0.39 is 0 Å². The van der Waals surface area contributed by atoms with Gasteiger partial charge in [-0.2, -0.15) is 5.26 Å². The van der Waals surface area contributed by atoms with Crippen molar-refractivity contribution in [1.82, 2.24) is 4.57 Å². The van der Waals surface area contributed by atoms with Crippen LogP contribution in [-0.2, 0) is 6.54 Å². The third-order valence-electron chi connectivity index (χ3n) is 2.49. The molecule has 0 fully saturated rings. The van der Waals surface area contributed by atoms with Crippen LogP contribution in [0.4, 0.5) is 0 Å². The Morgan fingerprint density at radius 1 is 1.33 bits per heavy atom. The number of benzene rings is 1. The minimum absolute atomic E-state index is 0.0806. The lowest BCUT2D eigenvalue weighted by Gasteiger charge is -2.06. The number of halogens is 2. The van der Waals surface area contributed by atoms with E-state index in [-0.39, 0.29) is 12.3 Å². The zero-order valence-corrected chi connectivity index (χ0v) is 10.7. The molecule has 1 heterocycles. The molecule has 1 aromatic heterocycles. The molecule has 0 aliphatic rings. The highest BCUT2D eigenvalue weighted by molar-refractivity contribution is 6.36. The SMILES string of the molecule is N#Cc1cccn1CC(=O)c1ccc(Cl)cc1Cl. The van der Waals surface area contributed by atoms with Crippen LogP contribution in [0.2, 0.25) is 10.0 Å². The van der Waals surface area contributed by atoms with Crippen LogP contribution in [0.3, 0.4) is 0 Å². The molecule has 0 atom stereocenters. The monoisotopic (exact) mass is 278 g/mol. The molecule has 0 saturated heterocycles. The Balaban J connectivity index is 2.25. The zero-order chi connectivity index (χ0) is 13.1. The molecule has 3 nitrogen and oxygen atoms in total. The molecule has 0 aliphatic carbocycles. The number of nitrogens with zero attached hydrogens (tertiary/aromatic N) is 2. The molecule has 0 bridgehead atoms. The summed E-state index contributed by atoms with van der Waals surface area (Å²) < 4.78 is 1.58. The van der Waals surface area contributed by atoms with Crippen molar-refractivity contribution in [2.75, 3.05) is 0 Å². The zero-order valence-electron chi connectivity index (χ0n) is 9.23. The van der Waals surface area contributed by atoms with Crippen LogP contribution in [-0.4, -0.2) is 10.4 Å². The summed E-state index contributed by atoms with van der Waals surface area (Å²) >= 11 is 11.7. The van der Waals surface area contributed by atoms with E-state index in [1.165, 1.54) is 6.07 Å². The van der Waals surface area contributed by atoms with Crippen LogP contribution in [0.15, 0.2) is 36.5 Å². The largest absolute Gasteiger partial charge is 0.332 e. The van der Waals surface area contributed by atoms with Crippen molar-refractivity contribution >= 4 is 29.0 Å². The predicted molar refractivity (Wildman–Crippen MR) is 69.9 cm³/mol. The molecule has 90 valence electrons. The summed E-state index contributed by atoms with van der Waals surface area (Å²) in [6, 6.07) is 10.1. The van der Waals surface area contributed by atoms with Gasteiger partial charge in [0.2, 0.25) is 0 Å². The van der Waals surface area contributed by atoms with Gasteiger partial charge in [-0.1, -0.05) is 23.2 Å². The third-order valence-corrected chi connectivity index (χ3v) is 3.04. The molecule has 0 radical (unpaired) electrons. The quantitative estimate of drug-likeness (QED) is 0.806. The number of Topliss-reactive ketones (excluding diaryl/α,β-unsaturated/α-hetero) is 1. The molecule has 18 heavy (non-hydrogen) atoms. The molecule has 0 amide bonds. The van der Waals surface area contributed by atoms with Crippen LogP contribution >= 0.6 is 23.2 Å². The minimum atomic E-state index is -0.163. The lowest BCUT2D eigenvalue weighted by Crippen LogP contribution is -2.11. The van der Waals surface area contributed by atoms with Gasteiger partial charge in [0.05, 0.1) is 11.6 Å². The van der Waals surface area contributed by atoms with Crippen LogP contribution in [0.25, 0.3) is 0 Å². The fraction of sp³-hybridized carbons (Fsp3) is 0.0769. The van der Waals surface area contributed by atoms with E-state index in [9.17, 15) is 4.79 Å². The number of rotatable bonds is 3. The molecule has 2 aromatic rings. The van der Waals surface area contributed by atoms with Crippen LogP contribution < -0.4 is 0 Å². The van der Waals surface area contributed by atoms with Gasteiger partial charge in [0.25, 0.3) is 0 Å². The van der Waals surface area contributed by atoms with E-state index in [1.54, 1.807) is 35.0 Å². The number of hydrogen-bond donors (Lipinski definition) is 0. The Hall–Kier alpha value is -1.76. The summed E-state index contributed by atoms with van der Waals surface area (Å²) in [4.78, 5) is 12.1. The Labute approximate surface area is 114 Å². The number of ketones is 1. The molecule has 2 rings (SSSR count). The number of carbonyl (C=O) groups is 1. The fourth-order valence-electron chi connectivity index (χ4n) is 1.61. The number of hydrogen-bond acceptors (Lipinski definition) is 2. The van der Waals surface area contributed by atoms with Gasteiger partial charge in [-0.15, -0.1) is 0 Å². The predicted octanol–water partition coefficient (Wildman–Crippen LogP) is 3.55. The molecule has 0 unspecified atom stereocenters. The van der Waals surface area contributed by atoms with Gasteiger partial charge >= 0.3 is 0 Å². The maximum atomic E-state index is 12.1. The normalized spacial score (nSPS) is 10.1. The van der Waals surface area contributed by atoms with E-state index in [0.717, 1.165) is 0 Å². The van der Waals surface area contributed by atoms with Crippen LogP contribution in [0.1, 0.15) is 16.1 Å². The molecule has 5 heteroatoms.